The number of methoxy groups -OCH3 is 1. The summed E-state index contributed by atoms with van der Waals surface area (Å²) >= 11 is 0. The van der Waals surface area contributed by atoms with E-state index in [1.54, 1.807) is 0 Å². The van der Waals surface area contributed by atoms with Crippen molar-refractivity contribution < 1.29 is 19.4 Å². The maximum absolute atomic E-state index is 11.1. The molecule has 2 aliphatic rings. The maximum Gasteiger partial charge on any atom is 0.508 e. The summed E-state index contributed by atoms with van der Waals surface area (Å²) in [6.45, 7) is -0.0260. The van der Waals surface area contributed by atoms with Crippen LogP contribution >= 0.6 is 0 Å². The molecule has 0 atom stereocenters. The van der Waals surface area contributed by atoms with Crippen LogP contribution in [0.4, 0.5) is 4.79 Å². The van der Waals surface area contributed by atoms with Crippen molar-refractivity contribution >= 4 is 6.16 Å². The maximum atomic E-state index is 11.1. The van der Waals surface area contributed by atoms with E-state index in [2.05, 4.69) is 16.6 Å². The first-order valence-corrected chi connectivity index (χ1v) is 10.5. The van der Waals surface area contributed by atoms with Gasteiger partial charge in [0.2, 0.25) is 0 Å². The van der Waals surface area contributed by atoms with Crippen LogP contribution in [-0.4, -0.2) is 30.6 Å². The van der Waals surface area contributed by atoms with Crippen molar-refractivity contribution in [3.05, 3.63) is 0 Å². The van der Waals surface area contributed by atoms with Crippen LogP contribution in [0.5, 0.6) is 0 Å². The average molecular weight is 365 g/mol. The molecular formula is C22H36O4. The van der Waals surface area contributed by atoms with Crippen molar-refractivity contribution in [2.24, 2.45) is 11.8 Å². The third-order valence-corrected chi connectivity index (χ3v) is 6.13. The van der Waals surface area contributed by atoms with Gasteiger partial charge in [-0.1, -0.05) is 76.0 Å². The van der Waals surface area contributed by atoms with Crippen LogP contribution in [0.3, 0.4) is 0 Å². The molecule has 4 heteroatoms. The SMILES string of the molecule is COC(=O)OCC#CC(O)(CCC1CCCCC1)CCC1CCCCC1. The number of hydrogen-bond acceptors (Lipinski definition) is 4. The Morgan fingerprint density at radius 2 is 1.46 bits per heavy atom. The molecule has 0 unspecified atom stereocenters. The third kappa shape index (κ3) is 7.99. The van der Waals surface area contributed by atoms with E-state index in [1.807, 2.05) is 0 Å². The molecule has 2 rings (SSSR count). The van der Waals surface area contributed by atoms with Gasteiger partial charge in [-0.25, -0.2) is 4.79 Å². The van der Waals surface area contributed by atoms with Gasteiger partial charge >= 0.3 is 6.16 Å². The van der Waals surface area contributed by atoms with Crippen molar-refractivity contribution in [2.75, 3.05) is 13.7 Å². The van der Waals surface area contributed by atoms with E-state index in [0.717, 1.165) is 37.5 Å². The highest BCUT2D eigenvalue weighted by Gasteiger charge is 2.28. The fourth-order valence-electron chi connectivity index (χ4n) is 4.44. The summed E-state index contributed by atoms with van der Waals surface area (Å²) in [5.74, 6) is 7.34. The Hall–Kier alpha value is -1.21. The van der Waals surface area contributed by atoms with Gasteiger partial charge in [0.1, 0.15) is 5.60 Å². The molecule has 0 heterocycles. The summed E-state index contributed by atoms with van der Waals surface area (Å²) in [6, 6.07) is 0. The molecule has 0 bridgehead atoms. The lowest BCUT2D eigenvalue weighted by Gasteiger charge is -2.29. The monoisotopic (exact) mass is 364 g/mol. The smallest absolute Gasteiger partial charge is 0.438 e. The summed E-state index contributed by atoms with van der Waals surface area (Å²) in [5.41, 5.74) is -0.950. The van der Waals surface area contributed by atoms with Gasteiger partial charge in [-0.15, -0.1) is 0 Å². The minimum atomic E-state index is -0.950. The molecule has 0 saturated heterocycles. The highest BCUT2D eigenvalue weighted by Crippen LogP contribution is 2.33. The van der Waals surface area contributed by atoms with Gasteiger partial charge in [0.25, 0.3) is 0 Å². The van der Waals surface area contributed by atoms with E-state index >= 15 is 0 Å². The van der Waals surface area contributed by atoms with Crippen LogP contribution in [0.25, 0.3) is 0 Å². The molecule has 0 spiro atoms. The fourth-order valence-corrected chi connectivity index (χ4v) is 4.44. The standard InChI is InChI=1S/C22H36O4/c1-25-21(23)26-18-8-15-22(24,16-13-19-9-4-2-5-10-19)17-14-20-11-6-3-7-12-20/h19-20,24H,2-7,9-14,16-18H2,1H3. The van der Waals surface area contributed by atoms with Crippen molar-refractivity contribution in [3.8, 4) is 11.8 Å². The molecule has 26 heavy (non-hydrogen) atoms. The summed E-state index contributed by atoms with van der Waals surface area (Å²) < 4.78 is 9.27. The molecule has 0 aromatic heterocycles. The summed E-state index contributed by atoms with van der Waals surface area (Å²) in [4.78, 5) is 11.0. The molecule has 0 aromatic rings. The number of aliphatic hydroxyl groups is 1. The van der Waals surface area contributed by atoms with Crippen LogP contribution in [0.15, 0.2) is 0 Å². The first-order valence-electron chi connectivity index (χ1n) is 10.5. The van der Waals surface area contributed by atoms with Gasteiger partial charge in [-0.05, 0) is 37.5 Å². The van der Waals surface area contributed by atoms with E-state index in [1.165, 1.54) is 71.3 Å². The Labute approximate surface area is 159 Å². The molecule has 0 radical (unpaired) electrons. The molecule has 1 N–H and O–H groups in total. The number of ether oxygens (including phenoxy) is 2. The second-order valence-corrected chi connectivity index (χ2v) is 8.16. The molecule has 2 saturated carbocycles. The molecule has 148 valence electrons. The van der Waals surface area contributed by atoms with Crippen LogP contribution in [0, 0.1) is 23.7 Å². The lowest BCUT2D eigenvalue weighted by atomic mass is 9.79. The number of rotatable bonds is 7. The molecule has 2 aliphatic carbocycles. The van der Waals surface area contributed by atoms with Gasteiger partial charge in [-0.3, -0.25) is 0 Å². The Balaban J connectivity index is 1.86. The van der Waals surface area contributed by atoms with Crippen molar-refractivity contribution in [3.63, 3.8) is 0 Å². The highest BCUT2D eigenvalue weighted by molar-refractivity contribution is 5.59. The van der Waals surface area contributed by atoms with Crippen LogP contribution < -0.4 is 0 Å². The van der Waals surface area contributed by atoms with Gasteiger partial charge < -0.3 is 14.6 Å². The first kappa shape index (κ1) is 21.1. The summed E-state index contributed by atoms with van der Waals surface area (Å²) in [6.07, 6.45) is 16.0. The van der Waals surface area contributed by atoms with Crippen molar-refractivity contribution in [2.45, 2.75) is 95.5 Å². The van der Waals surface area contributed by atoms with Crippen LogP contribution in [0.2, 0.25) is 0 Å². The number of carbonyl (C=O) groups excluding carboxylic acids is 1. The van der Waals surface area contributed by atoms with E-state index in [9.17, 15) is 9.90 Å². The zero-order valence-corrected chi connectivity index (χ0v) is 16.4. The topological polar surface area (TPSA) is 55.8 Å². The first-order chi connectivity index (χ1) is 12.6. The molecule has 4 nitrogen and oxygen atoms in total. The van der Waals surface area contributed by atoms with E-state index in [-0.39, 0.29) is 6.61 Å². The van der Waals surface area contributed by atoms with Crippen molar-refractivity contribution in [1.29, 1.82) is 0 Å². The zero-order valence-electron chi connectivity index (χ0n) is 16.4. The minimum Gasteiger partial charge on any atom is -0.438 e. The molecule has 0 aromatic carbocycles. The second kappa shape index (κ2) is 11.5. The Morgan fingerprint density at radius 3 is 1.92 bits per heavy atom. The van der Waals surface area contributed by atoms with Gasteiger partial charge in [0, 0.05) is 0 Å². The number of hydrogen-bond donors (Lipinski definition) is 1. The third-order valence-electron chi connectivity index (χ3n) is 6.13. The van der Waals surface area contributed by atoms with E-state index < -0.39 is 11.8 Å². The predicted octanol–water partition coefficient (Wildman–Crippen LogP) is 5.22. The molecule has 2 fully saturated rings. The van der Waals surface area contributed by atoms with E-state index in [4.69, 9.17) is 4.74 Å². The van der Waals surface area contributed by atoms with Gasteiger partial charge in [0.05, 0.1) is 7.11 Å². The largest absolute Gasteiger partial charge is 0.508 e. The lowest BCUT2D eigenvalue weighted by Crippen LogP contribution is -2.29. The summed E-state index contributed by atoms with van der Waals surface area (Å²) in [7, 11) is 1.28. The molecular weight excluding hydrogens is 328 g/mol. The fraction of sp³-hybridized carbons (Fsp3) is 0.864. The quantitative estimate of drug-likeness (QED) is 0.497. The lowest BCUT2D eigenvalue weighted by molar-refractivity contribution is 0.0619. The van der Waals surface area contributed by atoms with E-state index in [0.29, 0.717) is 0 Å². The second-order valence-electron chi connectivity index (χ2n) is 8.16. The van der Waals surface area contributed by atoms with Gasteiger partial charge in [0.15, 0.2) is 6.61 Å². The predicted molar refractivity (Wildman–Crippen MR) is 103 cm³/mol. The zero-order chi connectivity index (χ0) is 18.7. The Morgan fingerprint density at radius 1 is 0.962 bits per heavy atom. The highest BCUT2D eigenvalue weighted by atomic mass is 16.7. The van der Waals surface area contributed by atoms with Gasteiger partial charge in [-0.2, -0.15) is 0 Å². The van der Waals surface area contributed by atoms with Crippen LogP contribution in [-0.2, 0) is 9.47 Å². The van der Waals surface area contributed by atoms with Crippen molar-refractivity contribution in [1.82, 2.24) is 0 Å². The summed E-state index contributed by atoms with van der Waals surface area (Å²) in [5, 5.41) is 11.1. The molecule has 0 amide bonds. The Bertz CT molecular complexity index is 442. The minimum absolute atomic E-state index is 0.0260. The van der Waals surface area contributed by atoms with Crippen LogP contribution in [0.1, 0.15) is 89.9 Å². The normalized spacial score (nSPS) is 19.5. The molecule has 0 aliphatic heterocycles. The Kier molecular flexibility index (Phi) is 9.32. The number of carbonyl (C=O) groups is 1. The average Bonchev–Trinajstić information content (AvgIpc) is 2.70.